The lowest BCUT2D eigenvalue weighted by Gasteiger charge is -2.09. The van der Waals surface area contributed by atoms with Crippen molar-refractivity contribution in [2.24, 2.45) is 5.73 Å². The average molecular weight is 223 g/mol. The second-order valence-corrected chi connectivity index (χ2v) is 3.68. The first-order chi connectivity index (χ1) is 7.16. The van der Waals surface area contributed by atoms with Crippen molar-refractivity contribution in [2.45, 2.75) is 26.7 Å². The van der Waals surface area contributed by atoms with E-state index in [0.717, 1.165) is 17.1 Å². The summed E-state index contributed by atoms with van der Waals surface area (Å²) >= 11 is 0. The van der Waals surface area contributed by atoms with Crippen LogP contribution >= 0.6 is 0 Å². The summed E-state index contributed by atoms with van der Waals surface area (Å²) < 4.78 is 10.5. The lowest BCUT2D eigenvalue weighted by molar-refractivity contribution is -0.118. The Morgan fingerprint density at radius 3 is 2.81 bits per heavy atom. The second kappa shape index (κ2) is 4.88. The van der Waals surface area contributed by atoms with E-state index in [1.165, 1.54) is 0 Å². The summed E-state index contributed by atoms with van der Waals surface area (Å²) in [7, 11) is 0. The molecule has 1 amide bonds. The molecule has 1 atom stereocenters. The minimum absolute atomic E-state index is 0. The lowest BCUT2D eigenvalue weighted by atomic mass is 9.97. The van der Waals surface area contributed by atoms with Gasteiger partial charge in [0.1, 0.15) is 0 Å². The largest absolute Gasteiger partial charge is 0.454 e. The first kappa shape index (κ1) is 12.4. The number of primary amides is 1. The molecule has 1 aliphatic heterocycles. The van der Waals surface area contributed by atoms with Crippen LogP contribution in [0, 0.1) is 0 Å². The van der Waals surface area contributed by atoms with Crippen LogP contribution < -0.4 is 15.2 Å². The minimum Gasteiger partial charge on any atom is -0.454 e. The number of hydrogen-bond donors (Lipinski definition) is 1. The van der Waals surface area contributed by atoms with Gasteiger partial charge in [-0.1, -0.05) is 20.4 Å². The number of carbonyl (C=O) groups excluding carboxylic acids is 1. The number of nitrogens with two attached hydrogens (primary N) is 1. The third kappa shape index (κ3) is 2.45. The van der Waals surface area contributed by atoms with Crippen molar-refractivity contribution in [1.29, 1.82) is 0 Å². The zero-order valence-electron chi connectivity index (χ0n) is 8.53. The molecule has 0 aromatic heterocycles. The maximum atomic E-state index is 10.8. The summed E-state index contributed by atoms with van der Waals surface area (Å²) in [5.41, 5.74) is 6.19. The first-order valence-electron chi connectivity index (χ1n) is 4.84. The third-order valence-corrected chi connectivity index (χ3v) is 2.47. The molecule has 1 unspecified atom stereocenters. The number of hydrogen-bond acceptors (Lipinski definition) is 3. The summed E-state index contributed by atoms with van der Waals surface area (Å²) in [5, 5.41) is 0. The summed E-state index contributed by atoms with van der Waals surface area (Å²) in [6.07, 6.45) is 0.347. The second-order valence-electron chi connectivity index (χ2n) is 3.68. The van der Waals surface area contributed by atoms with Gasteiger partial charge in [-0.05, 0) is 23.6 Å². The molecular weight excluding hydrogens is 206 g/mol. The molecule has 1 aliphatic rings. The highest BCUT2D eigenvalue weighted by Crippen LogP contribution is 2.35. The molecule has 0 saturated heterocycles. The van der Waals surface area contributed by atoms with E-state index in [4.69, 9.17) is 15.2 Å². The lowest BCUT2D eigenvalue weighted by Crippen LogP contribution is -2.13. The van der Waals surface area contributed by atoms with E-state index in [0.29, 0.717) is 6.42 Å². The van der Waals surface area contributed by atoms with Crippen LogP contribution in [0.1, 0.15) is 32.3 Å². The van der Waals surface area contributed by atoms with Gasteiger partial charge >= 0.3 is 0 Å². The van der Waals surface area contributed by atoms with Crippen molar-refractivity contribution in [1.82, 2.24) is 0 Å². The fourth-order valence-electron chi connectivity index (χ4n) is 1.64. The zero-order chi connectivity index (χ0) is 10.8. The van der Waals surface area contributed by atoms with Gasteiger partial charge in [0.25, 0.3) is 0 Å². The molecule has 1 aromatic carbocycles. The standard InChI is InChI=1S/C11H13NO3.CH4/c1-7(4-11(12)13)8-2-3-9-10(5-8)15-6-14-9;/h2-3,5,7H,4,6H2,1H3,(H2,12,13);1H4. The van der Waals surface area contributed by atoms with Crippen LogP contribution in [0.15, 0.2) is 18.2 Å². The molecule has 4 nitrogen and oxygen atoms in total. The molecule has 0 saturated carbocycles. The fourth-order valence-corrected chi connectivity index (χ4v) is 1.64. The molecule has 0 bridgehead atoms. The van der Waals surface area contributed by atoms with Gasteiger partial charge in [-0.3, -0.25) is 4.79 Å². The molecule has 0 fully saturated rings. The quantitative estimate of drug-likeness (QED) is 0.852. The number of rotatable bonds is 3. The van der Waals surface area contributed by atoms with E-state index >= 15 is 0 Å². The van der Waals surface area contributed by atoms with Gasteiger partial charge in [-0.2, -0.15) is 0 Å². The smallest absolute Gasteiger partial charge is 0.231 e. The van der Waals surface area contributed by atoms with Crippen molar-refractivity contribution < 1.29 is 14.3 Å². The van der Waals surface area contributed by atoms with Crippen molar-refractivity contribution in [3.63, 3.8) is 0 Å². The van der Waals surface area contributed by atoms with Gasteiger partial charge in [0.15, 0.2) is 11.5 Å². The molecule has 4 heteroatoms. The first-order valence-corrected chi connectivity index (χ1v) is 4.84. The van der Waals surface area contributed by atoms with E-state index in [2.05, 4.69) is 0 Å². The summed E-state index contributed by atoms with van der Waals surface area (Å²) in [4.78, 5) is 10.8. The van der Waals surface area contributed by atoms with E-state index in [1.807, 2.05) is 25.1 Å². The Bertz CT molecular complexity index is 390. The topological polar surface area (TPSA) is 61.6 Å². The van der Waals surface area contributed by atoms with Gasteiger partial charge < -0.3 is 15.2 Å². The molecule has 1 aromatic rings. The Kier molecular flexibility index (Phi) is 3.77. The predicted octanol–water partition coefficient (Wildman–Crippen LogP) is 2.03. The van der Waals surface area contributed by atoms with Gasteiger partial charge in [0.05, 0.1) is 0 Å². The number of benzene rings is 1. The monoisotopic (exact) mass is 223 g/mol. The summed E-state index contributed by atoms with van der Waals surface area (Å²) in [6, 6.07) is 5.69. The minimum atomic E-state index is -0.292. The Morgan fingerprint density at radius 2 is 2.12 bits per heavy atom. The number of ether oxygens (including phenoxy) is 2. The zero-order valence-corrected chi connectivity index (χ0v) is 8.53. The Labute approximate surface area is 95.3 Å². The third-order valence-electron chi connectivity index (χ3n) is 2.47. The Morgan fingerprint density at radius 1 is 1.44 bits per heavy atom. The highest BCUT2D eigenvalue weighted by molar-refractivity contribution is 5.74. The average Bonchev–Trinajstić information content (AvgIpc) is 2.62. The number of fused-ring (bicyclic) bond motifs is 1. The van der Waals surface area contributed by atoms with Crippen LogP contribution in [-0.2, 0) is 4.79 Å². The van der Waals surface area contributed by atoms with Crippen LogP contribution in [0.3, 0.4) is 0 Å². The van der Waals surface area contributed by atoms with Gasteiger partial charge in [0, 0.05) is 6.42 Å². The van der Waals surface area contributed by atoms with E-state index in [9.17, 15) is 4.79 Å². The normalized spacial score (nSPS) is 14.1. The van der Waals surface area contributed by atoms with Crippen molar-refractivity contribution in [2.75, 3.05) is 6.79 Å². The molecule has 1 heterocycles. The van der Waals surface area contributed by atoms with Crippen molar-refractivity contribution in [3.8, 4) is 11.5 Å². The van der Waals surface area contributed by atoms with Crippen molar-refractivity contribution >= 4 is 5.91 Å². The summed E-state index contributed by atoms with van der Waals surface area (Å²) in [5.74, 6) is 1.31. The molecule has 0 spiro atoms. The molecule has 0 radical (unpaired) electrons. The molecular formula is C12H17NO3. The molecule has 16 heavy (non-hydrogen) atoms. The van der Waals surface area contributed by atoms with Gasteiger partial charge in [-0.15, -0.1) is 0 Å². The fraction of sp³-hybridized carbons (Fsp3) is 0.417. The van der Waals surface area contributed by atoms with E-state index in [1.54, 1.807) is 0 Å². The van der Waals surface area contributed by atoms with Crippen LogP contribution in [0.2, 0.25) is 0 Å². The van der Waals surface area contributed by atoms with Crippen LogP contribution in [0.25, 0.3) is 0 Å². The Balaban J connectivity index is 0.00000128. The van der Waals surface area contributed by atoms with Gasteiger partial charge in [0.2, 0.25) is 12.7 Å². The molecule has 0 aliphatic carbocycles. The predicted molar refractivity (Wildman–Crippen MR) is 61.5 cm³/mol. The summed E-state index contributed by atoms with van der Waals surface area (Å²) in [6.45, 7) is 2.23. The maximum absolute atomic E-state index is 10.8. The molecule has 2 N–H and O–H groups in total. The van der Waals surface area contributed by atoms with Crippen LogP contribution in [0.4, 0.5) is 0 Å². The molecule has 88 valence electrons. The van der Waals surface area contributed by atoms with E-state index < -0.39 is 0 Å². The SMILES string of the molecule is C.CC(CC(N)=O)c1ccc2c(c1)OCO2. The highest BCUT2D eigenvalue weighted by Gasteiger charge is 2.16. The van der Waals surface area contributed by atoms with Crippen LogP contribution in [0.5, 0.6) is 11.5 Å². The highest BCUT2D eigenvalue weighted by atomic mass is 16.7. The Hall–Kier alpha value is -1.71. The van der Waals surface area contributed by atoms with Crippen LogP contribution in [-0.4, -0.2) is 12.7 Å². The molecule has 2 rings (SSSR count). The van der Waals surface area contributed by atoms with E-state index in [-0.39, 0.29) is 26.0 Å². The maximum Gasteiger partial charge on any atom is 0.231 e. The number of amides is 1. The number of carbonyl (C=O) groups is 1. The van der Waals surface area contributed by atoms with Gasteiger partial charge in [-0.25, -0.2) is 0 Å². The van der Waals surface area contributed by atoms with Crippen molar-refractivity contribution in [3.05, 3.63) is 23.8 Å².